The van der Waals surface area contributed by atoms with Gasteiger partial charge in [-0.1, -0.05) is 25.3 Å². The van der Waals surface area contributed by atoms with Crippen molar-refractivity contribution < 1.29 is 18.0 Å². The van der Waals surface area contributed by atoms with Crippen molar-refractivity contribution in [3.05, 3.63) is 19.6 Å². The fourth-order valence-electron chi connectivity index (χ4n) is 1.68. The lowest BCUT2D eigenvalue weighted by Crippen LogP contribution is -2.22. The Morgan fingerprint density at radius 2 is 1.76 bits per heavy atom. The van der Waals surface area contributed by atoms with Gasteiger partial charge in [0.05, 0.1) is 5.92 Å². The highest BCUT2D eigenvalue weighted by Gasteiger charge is 2.37. The van der Waals surface area contributed by atoms with Crippen LogP contribution in [0.5, 0.6) is 0 Å². The van der Waals surface area contributed by atoms with E-state index in [0.29, 0.717) is 12.8 Å². The molecule has 17 heavy (non-hydrogen) atoms. The van der Waals surface area contributed by atoms with E-state index in [1.54, 1.807) is 0 Å². The lowest BCUT2D eigenvalue weighted by molar-refractivity contribution is -0.175. The van der Waals surface area contributed by atoms with Gasteiger partial charge in [-0.25, -0.2) is 0 Å². The number of unbranched alkanes of at least 4 members (excludes halogenated alkanes) is 3. The van der Waals surface area contributed by atoms with Gasteiger partial charge in [-0.3, -0.25) is 4.79 Å². The summed E-state index contributed by atoms with van der Waals surface area (Å²) in [7, 11) is 0. The van der Waals surface area contributed by atoms with E-state index in [1.165, 1.54) is 6.08 Å². The molecule has 0 heterocycles. The van der Waals surface area contributed by atoms with Gasteiger partial charge in [0.15, 0.2) is 0 Å². The third-order valence-electron chi connectivity index (χ3n) is 2.67. The van der Waals surface area contributed by atoms with Crippen LogP contribution < -0.4 is 0 Å². The molecule has 0 amide bonds. The Morgan fingerprint density at radius 3 is 2.24 bits per heavy atom. The molecule has 0 aromatic rings. The maximum atomic E-state index is 12.5. The molecule has 0 rings (SSSR count). The van der Waals surface area contributed by atoms with Crippen molar-refractivity contribution in [2.45, 2.75) is 51.1 Å². The SMILES string of the molecule is [CH2]C(=O)CCCCCC[C@H](CC=C)C(F)(F)F. The van der Waals surface area contributed by atoms with E-state index < -0.39 is 12.1 Å². The first-order chi connectivity index (χ1) is 7.88. The molecule has 0 aromatic heterocycles. The van der Waals surface area contributed by atoms with Gasteiger partial charge >= 0.3 is 6.18 Å². The molecular weight excluding hydrogens is 229 g/mol. The van der Waals surface area contributed by atoms with Gasteiger partial charge in [0.2, 0.25) is 0 Å². The number of hydrogen-bond donors (Lipinski definition) is 0. The molecule has 0 aliphatic heterocycles. The van der Waals surface area contributed by atoms with Crippen LogP contribution in [-0.4, -0.2) is 12.0 Å². The Morgan fingerprint density at radius 1 is 1.18 bits per heavy atom. The van der Waals surface area contributed by atoms with E-state index in [4.69, 9.17) is 0 Å². The molecule has 0 saturated heterocycles. The van der Waals surface area contributed by atoms with E-state index in [-0.39, 0.29) is 18.6 Å². The van der Waals surface area contributed by atoms with Gasteiger partial charge in [-0.15, -0.1) is 6.58 Å². The lowest BCUT2D eigenvalue weighted by atomic mass is 9.96. The Labute approximate surface area is 101 Å². The molecule has 0 bridgehead atoms. The minimum absolute atomic E-state index is 0.0130. The van der Waals surface area contributed by atoms with Crippen LogP contribution in [0, 0.1) is 12.8 Å². The summed E-state index contributed by atoms with van der Waals surface area (Å²) in [4.78, 5) is 10.5. The Balaban J connectivity index is 3.69. The van der Waals surface area contributed by atoms with Gasteiger partial charge in [-0.05, 0) is 19.3 Å². The fourth-order valence-corrected chi connectivity index (χ4v) is 1.68. The normalized spacial score (nSPS) is 13.4. The van der Waals surface area contributed by atoms with Gasteiger partial charge in [0.25, 0.3) is 0 Å². The predicted octanol–water partition coefficient (Wildman–Crippen LogP) is 4.48. The number of hydrogen-bond acceptors (Lipinski definition) is 1. The number of carbonyl (C=O) groups is 1. The van der Waals surface area contributed by atoms with Crippen LogP contribution in [0.1, 0.15) is 44.9 Å². The number of allylic oxidation sites excluding steroid dienone is 1. The summed E-state index contributed by atoms with van der Waals surface area (Å²) >= 11 is 0. The number of Topliss-reactive ketones (excluding diaryl/α,β-unsaturated/α-hetero) is 1. The molecule has 99 valence electrons. The molecular formula is C13H20F3O. The van der Waals surface area contributed by atoms with Crippen LogP contribution in [0.4, 0.5) is 13.2 Å². The standard InChI is InChI=1S/C13H20F3O/c1-3-8-12(13(14,15)16)10-7-5-4-6-9-11(2)17/h3,12H,1-2,4-10H2/t12-/m0/s1. The lowest BCUT2D eigenvalue weighted by Gasteiger charge is -2.18. The first-order valence-corrected chi connectivity index (χ1v) is 5.90. The summed E-state index contributed by atoms with van der Waals surface area (Å²) in [5.74, 6) is -1.38. The number of carbonyl (C=O) groups excluding carboxylic acids is 1. The van der Waals surface area contributed by atoms with Crippen molar-refractivity contribution in [3.8, 4) is 0 Å². The van der Waals surface area contributed by atoms with Crippen LogP contribution >= 0.6 is 0 Å². The highest BCUT2D eigenvalue weighted by atomic mass is 19.4. The highest BCUT2D eigenvalue weighted by Crippen LogP contribution is 2.33. The zero-order valence-corrected chi connectivity index (χ0v) is 10.1. The quantitative estimate of drug-likeness (QED) is 0.435. The second-order valence-corrected chi connectivity index (χ2v) is 4.25. The average Bonchev–Trinajstić information content (AvgIpc) is 2.19. The minimum Gasteiger partial charge on any atom is -0.300 e. The summed E-state index contributed by atoms with van der Waals surface area (Å²) in [5.41, 5.74) is 0. The maximum absolute atomic E-state index is 12.5. The summed E-state index contributed by atoms with van der Waals surface area (Å²) in [6.07, 6.45) is 0.544. The van der Waals surface area contributed by atoms with Crippen LogP contribution in [0.15, 0.2) is 12.7 Å². The molecule has 4 heteroatoms. The van der Waals surface area contributed by atoms with Crippen LogP contribution in [0.25, 0.3) is 0 Å². The molecule has 0 saturated carbocycles. The molecule has 1 atom stereocenters. The summed E-state index contributed by atoms with van der Waals surface area (Å²) in [6.45, 7) is 6.59. The Kier molecular flexibility index (Phi) is 7.92. The fraction of sp³-hybridized carbons (Fsp3) is 0.692. The van der Waals surface area contributed by atoms with Crippen LogP contribution in [0.3, 0.4) is 0 Å². The smallest absolute Gasteiger partial charge is 0.300 e. The van der Waals surface area contributed by atoms with Crippen molar-refractivity contribution in [1.29, 1.82) is 0 Å². The molecule has 0 aliphatic carbocycles. The highest BCUT2D eigenvalue weighted by molar-refractivity contribution is 5.82. The van der Waals surface area contributed by atoms with Gasteiger partial charge in [-0.2, -0.15) is 13.2 Å². The number of rotatable bonds is 9. The van der Waals surface area contributed by atoms with E-state index in [2.05, 4.69) is 13.5 Å². The third-order valence-corrected chi connectivity index (χ3v) is 2.67. The van der Waals surface area contributed by atoms with Crippen LogP contribution in [0.2, 0.25) is 0 Å². The number of halogens is 3. The van der Waals surface area contributed by atoms with Crippen molar-refractivity contribution in [3.63, 3.8) is 0 Å². The van der Waals surface area contributed by atoms with Crippen molar-refractivity contribution in [2.24, 2.45) is 5.92 Å². The molecule has 0 unspecified atom stereocenters. The average molecular weight is 249 g/mol. The van der Waals surface area contributed by atoms with Gasteiger partial charge in [0, 0.05) is 13.3 Å². The Bertz CT molecular complexity index is 233. The third kappa shape index (κ3) is 8.95. The van der Waals surface area contributed by atoms with E-state index >= 15 is 0 Å². The summed E-state index contributed by atoms with van der Waals surface area (Å²) < 4.78 is 37.5. The van der Waals surface area contributed by atoms with Gasteiger partial charge < -0.3 is 0 Å². The van der Waals surface area contributed by atoms with Crippen molar-refractivity contribution in [1.82, 2.24) is 0 Å². The molecule has 0 N–H and O–H groups in total. The van der Waals surface area contributed by atoms with E-state index in [1.807, 2.05) is 0 Å². The van der Waals surface area contributed by atoms with Crippen molar-refractivity contribution >= 4 is 5.78 Å². The first-order valence-electron chi connectivity index (χ1n) is 5.90. The molecule has 0 aromatic carbocycles. The van der Waals surface area contributed by atoms with E-state index in [0.717, 1.165) is 19.3 Å². The molecule has 0 aliphatic rings. The summed E-state index contributed by atoms with van der Waals surface area (Å²) in [5, 5.41) is 0. The van der Waals surface area contributed by atoms with Crippen LogP contribution in [-0.2, 0) is 4.79 Å². The summed E-state index contributed by atoms with van der Waals surface area (Å²) in [6, 6.07) is 0. The number of alkyl halides is 3. The van der Waals surface area contributed by atoms with Gasteiger partial charge in [0.1, 0.15) is 5.78 Å². The zero-order valence-electron chi connectivity index (χ0n) is 10.1. The second-order valence-electron chi connectivity index (χ2n) is 4.25. The molecule has 0 spiro atoms. The second kappa shape index (κ2) is 8.31. The first kappa shape index (κ1) is 16.2. The Hall–Kier alpha value is -0.800. The molecule has 0 fully saturated rings. The topological polar surface area (TPSA) is 17.1 Å². The zero-order chi connectivity index (χ0) is 13.3. The molecule has 1 nitrogen and oxygen atoms in total. The van der Waals surface area contributed by atoms with E-state index in [9.17, 15) is 18.0 Å². The number of ketones is 1. The van der Waals surface area contributed by atoms with Crippen molar-refractivity contribution in [2.75, 3.05) is 0 Å². The largest absolute Gasteiger partial charge is 0.392 e. The predicted molar refractivity (Wildman–Crippen MR) is 62.4 cm³/mol. The molecule has 1 radical (unpaired) electrons. The monoisotopic (exact) mass is 249 g/mol. The maximum Gasteiger partial charge on any atom is 0.392 e. The minimum atomic E-state index is -4.13.